The molecule has 0 saturated carbocycles. The number of fused-ring (bicyclic) bond motifs is 1. The van der Waals surface area contributed by atoms with Crippen molar-refractivity contribution in [2.45, 2.75) is 0 Å². The zero-order valence-electron chi connectivity index (χ0n) is 10.0. The van der Waals surface area contributed by atoms with Gasteiger partial charge in [0, 0.05) is 16.9 Å². The van der Waals surface area contributed by atoms with E-state index >= 15 is 0 Å². The highest BCUT2D eigenvalue weighted by Crippen LogP contribution is 2.29. The summed E-state index contributed by atoms with van der Waals surface area (Å²) in [4.78, 5) is 8.25. The van der Waals surface area contributed by atoms with Gasteiger partial charge in [-0.3, -0.25) is 4.40 Å². The van der Waals surface area contributed by atoms with E-state index < -0.39 is 5.82 Å². The first kappa shape index (κ1) is 12.8. The van der Waals surface area contributed by atoms with Crippen LogP contribution < -0.4 is 16.0 Å². The number of anilines is 1. The van der Waals surface area contributed by atoms with Crippen LogP contribution in [0.1, 0.15) is 0 Å². The van der Waals surface area contributed by atoms with Crippen molar-refractivity contribution in [3.05, 3.63) is 47.1 Å². The molecular formula is C12H9BrFN5O. The number of nitrogens with zero attached hydrogens (tertiary/aromatic N) is 3. The third-order valence-electron chi connectivity index (χ3n) is 2.59. The lowest BCUT2D eigenvalue weighted by Gasteiger charge is -2.09. The molecular weight excluding hydrogens is 329 g/mol. The molecule has 0 aliphatic rings. The molecule has 0 amide bonds. The highest BCUT2D eigenvalue weighted by atomic mass is 79.9. The van der Waals surface area contributed by atoms with Crippen molar-refractivity contribution in [3.63, 3.8) is 0 Å². The second-order valence-electron chi connectivity index (χ2n) is 3.91. The minimum Gasteiger partial charge on any atom is -0.433 e. The third-order valence-corrected chi connectivity index (χ3v) is 3.08. The van der Waals surface area contributed by atoms with Gasteiger partial charge in [0.15, 0.2) is 17.4 Å². The molecule has 6 nitrogen and oxygen atoms in total. The zero-order valence-corrected chi connectivity index (χ0v) is 11.6. The van der Waals surface area contributed by atoms with Gasteiger partial charge in [0.1, 0.15) is 0 Å². The minimum atomic E-state index is -0.495. The highest BCUT2D eigenvalue weighted by Gasteiger charge is 2.12. The molecule has 3 aromatic rings. The van der Waals surface area contributed by atoms with E-state index in [-0.39, 0.29) is 11.6 Å². The number of nitrogens with one attached hydrogen (secondary N) is 1. The summed E-state index contributed by atoms with van der Waals surface area (Å²) in [5, 5.41) is 0. The average molecular weight is 338 g/mol. The first-order valence-electron chi connectivity index (χ1n) is 5.60. The quantitative estimate of drug-likeness (QED) is 0.567. The molecule has 0 radical (unpaired) electrons. The van der Waals surface area contributed by atoms with Crippen LogP contribution in [0, 0.1) is 5.82 Å². The molecule has 0 saturated heterocycles. The van der Waals surface area contributed by atoms with E-state index in [1.165, 1.54) is 12.1 Å². The van der Waals surface area contributed by atoms with Crippen LogP contribution in [0.5, 0.6) is 11.6 Å². The average Bonchev–Trinajstić information content (AvgIpc) is 2.91. The van der Waals surface area contributed by atoms with Gasteiger partial charge in [-0.1, -0.05) is 15.9 Å². The predicted octanol–water partition coefficient (Wildman–Crippen LogP) is 2.71. The molecule has 0 spiro atoms. The summed E-state index contributed by atoms with van der Waals surface area (Å²) in [6.07, 6.45) is 4.94. The molecule has 0 fully saturated rings. The van der Waals surface area contributed by atoms with Gasteiger partial charge in [0.2, 0.25) is 5.65 Å². The van der Waals surface area contributed by atoms with Crippen molar-refractivity contribution in [3.8, 4) is 11.6 Å². The van der Waals surface area contributed by atoms with E-state index in [1.54, 1.807) is 29.1 Å². The van der Waals surface area contributed by atoms with Crippen LogP contribution in [0.2, 0.25) is 0 Å². The van der Waals surface area contributed by atoms with Gasteiger partial charge in [-0.25, -0.2) is 15.2 Å². The number of imidazole rings is 1. The van der Waals surface area contributed by atoms with Crippen molar-refractivity contribution in [1.82, 2.24) is 14.4 Å². The van der Waals surface area contributed by atoms with Crippen LogP contribution >= 0.6 is 15.9 Å². The fourth-order valence-corrected chi connectivity index (χ4v) is 2.04. The fraction of sp³-hybridized carbons (Fsp3) is 0. The molecule has 3 rings (SSSR count). The van der Waals surface area contributed by atoms with E-state index in [2.05, 4.69) is 31.3 Å². The lowest BCUT2D eigenvalue weighted by molar-refractivity contribution is 0.429. The van der Waals surface area contributed by atoms with Crippen LogP contribution in [0.25, 0.3) is 5.65 Å². The monoisotopic (exact) mass is 337 g/mol. The van der Waals surface area contributed by atoms with Gasteiger partial charge in [0.25, 0.3) is 5.88 Å². The van der Waals surface area contributed by atoms with Gasteiger partial charge >= 0.3 is 0 Å². The third kappa shape index (κ3) is 2.30. The highest BCUT2D eigenvalue weighted by molar-refractivity contribution is 9.10. The SMILES string of the molecule is NNc1cn2ccnc2c(Oc2cc(Br)ccc2F)n1. The van der Waals surface area contributed by atoms with Crippen LogP contribution in [0.15, 0.2) is 41.3 Å². The van der Waals surface area contributed by atoms with Crippen LogP contribution in [-0.4, -0.2) is 14.4 Å². The lowest BCUT2D eigenvalue weighted by atomic mass is 10.3. The summed E-state index contributed by atoms with van der Waals surface area (Å²) >= 11 is 3.26. The van der Waals surface area contributed by atoms with Crippen molar-refractivity contribution < 1.29 is 9.13 Å². The molecule has 0 bridgehead atoms. The zero-order chi connectivity index (χ0) is 14.1. The molecule has 102 valence electrons. The maximum Gasteiger partial charge on any atom is 0.266 e. The molecule has 0 atom stereocenters. The van der Waals surface area contributed by atoms with E-state index in [0.717, 1.165) is 0 Å². The summed E-state index contributed by atoms with van der Waals surface area (Å²) in [6, 6.07) is 4.39. The van der Waals surface area contributed by atoms with Gasteiger partial charge < -0.3 is 10.2 Å². The van der Waals surface area contributed by atoms with E-state index in [1.807, 2.05) is 0 Å². The standard InChI is InChI=1S/C12H9BrFN5O/c13-7-1-2-8(14)9(5-7)20-12-11-16-3-4-19(11)6-10(17-12)18-15/h1-6,18H,15H2. The van der Waals surface area contributed by atoms with Crippen LogP contribution in [0.3, 0.4) is 0 Å². The van der Waals surface area contributed by atoms with Gasteiger partial charge in [-0.15, -0.1) is 0 Å². The Morgan fingerprint density at radius 1 is 1.40 bits per heavy atom. The molecule has 0 unspecified atom stereocenters. The fourth-order valence-electron chi connectivity index (χ4n) is 1.70. The second kappa shape index (κ2) is 5.06. The Balaban J connectivity index is 2.09. The van der Waals surface area contributed by atoms with Crippen molar-refractivity contribution in [2.75, 3.05) is 5.43 Å². The predicted molar refractivity (Wildman–Crippen MR) is 75.0 cm³/mol. The van der Waals surface area contributed by atoms with E-state index in [0.29, 0.717) is 15.9 Å². The van der Waals surface area contributed by atoms with Gasteiger partial charge in [0.05, 0.1) is 6.20 Å². The van der Waals surface area contributed by atoms with Crippen LogP contribution in [-0.2, 0) is 0 Å². The Hall–Kier alpha value is -2.19. The maximum atomic E-state index is 13.7. The number of hydrazine groups is 1. The smallest absolute Gasteiger partial charge is 0.266 e. The first-order valence-corrected chi connectivity index (χ1v) is 6.40. The van der Waals surface area contributed by atoms with Gasteiger partial charge in [-0.2, -0.15) is 4.98 Å². The molecule has 2 aromatic heterocycles. The number of nitrogens with two attached hydrogens (primary N) is 1. The Kier molecular flexibility index (Phi) is 3.25. The Bertz CT molecular complexity index is 776. The molecule has 2 heterocycles. The Morgan fingerprint density at radius 3 is 3.05 bits per heavy atom. The largest absolute Gasteiger partial charge is 0.433 e. The maximum absolute atomic E-state index is 13.7. The summed E-state index contributed by atoms with van der Waals surface area (Å²) in [5.74, 6) is 5.43. The topological polar surface area (TPSA) is 77.5 Å². The normalized spacial score (nSPS) is 10.8. The molecule has 3 N–H and O–H groups in total. The van der Waals surface area contributed by atoms with E-state index in [9.17, 15) is 4.39 Å². The number of ether oxygens (including phenoxy) is 1. The number of rotatable bonds is 3. The Labute approximate surface area is 121 Å². The second-order valence-corrected chi connectivity index (χ2v) is 4.83. The lowest BCUT2D eigenvalue weighted by Crippen LogP contribution is -2.10. The Morgan fingerprint density at radius 2 is 2.25 bits per heavy atom. The van der Waals surface area contributed by atoms with E-state index in [4.69, 9.17) is 10.6 Å². The summed E-state index contributed by atoms with van der Waals surface area (Å²) in [5.41, 5.74) is 2.88. The molecule has 8 heteroatoms. The van der Waals surface area contributed by atoms with Crippen molar-refractivity contribution in [1.29, 1.82) is 0 Å². The number of benzene rings is 1. The van der Waals surface area contributed by atoms with Crippen molar-refractivity contribution >= 4 is 27.4 Å². The molecule has 20 heavy (non-hydrogen) atoms. The number of aromatic nitrogens is 3. The number of halogens is 2. The summed E-state index contributed by atoms with van der Waals surface area (Å²) < 4.78 is 21.6. The summed E-state index contributed by atoms with van der Waals surface area (Å²) in [6.45, 7) is 0. The van der Waals surface area contributed by atoms with Gasteiger partial charge in [-0.05, 0) is 18.2 Å². The van der Waals surface area contributed by atoms with Crippen LogP contribution in [0.4, 0.5) is 10.2 Å². The molecule has 0 aliphatic heterocycles. The molecule has 0 aliphatic carbocycles. The summed E-state index contributed by atoms with van der Waals surface area (Å²) in [7, 11) is 0. The van der Waals surface area contributed by atoms with Crippen molar-refractivity contribution in [2.24, 2.45) is 5.84 Å². The number of hydrogen-bond acceptors (Lipinski definition) is 5. The molecule has 1 aromatic carbocycles. The first-order chi connectivity index (χ1) is 9.67. The minimum absolute atomic E-state index is 0.0472. The number of hydrogen-bond donors (Lipinski definition) is 2. The number of nitrogen functional groups attached to an aromatic ring is 1.